The van der Waals surface area contributed by atoms with E-state index in [0.29, 0.717) is 10.3 Å². The van der Waals surface area contributed by atoms with Gasteiger partial charge in [0, 0.05) is 17.1 Å². The third kappa shape index (κ3) is 3.21. The number of nitrogens with zero attached hydrogens (tertiary/aromatic N) is 4. The molecular weight excluding hydrogens is 363 g/mol. The third-order valence-corrected chi connectivity index (χ3v) is 5.77. The molecule has 0 fully saturated rings. The molecule has 0 radical (unpaired) electrons. The lowest BCUT2D eigenvalue weighted by molar-refractivity contribution is 0.0747. The van der Waals surface area contributed by atoms with Gasteiger partial charge in [0.25, 0.3) is 5.91 Å². The van der Waals surface area contributed by atoms with Crippen molar-refractivity contribution < 1.29 is 9.18 Å². The van der Waals surface area contributed by atoms with Crippen molar-refractivity contribution in [1.82, 2.24) is 19.7 Å². The Labute approximate surface area is 159 Å². The first-order chi connectivity index (χ1) is 13.0. The fraction of sp³-hybridized carbons (Fsp3) is 0.150. The molecule has 27 heavy (non-hydrogen) atoms. The van der Waals surface area contributed by atoms with Crippen molar-refractivity contribution in [1.29, 1.82) is 0 Å². The largest absolute Gasteiger partial charge is 0.334 e. The van der Waals surface area contributed by atoms with Crippen LogP contribution < -0.4 is 0 Å². The number of benzene rings is 2. The maximum absolute atomic E-state index is 13.9. The highest BCUT2D eigenvalue weighted by Crippen LogP contribution is 2.30. The van der Waals surface area contributed by atoms with Crippen molar-refractivity contribution in [3.8, 4) is 5.69 Å². The quantitative estimate of drug-likeness (QED) is 0.525. The highest BCUT2D eigenvalue weighted by Gasteiger charge is 2.21. The number of carbonyl (C=O) groups excluding carboxylic acids is 1. The summed E-state index contributed by atoms with van der Waals surface area (Å²) in [6.07, 6.45) is 3.12. The molecule has 5 nitrogen and oxygen atoms in total. The molecule has 2 aromatic carbocycles. The van der Waals surface area contributed by atoms with E-state index in [4.69, 9.17) is 0 Å². The van der Waals surface area contributed by atoms with Gasteiger partial charge in [-0.1, -0.05) is 18.2 Å². The standard InChI is InChI=1S/C20H17FN4OS/c1-13(14-6-8-15(9-7-14)25-12-22-11-23-25)24(2)20(26)19-10-16-17(21)4-3-5-18(16)27-19/h3-13H,1-2H3. The van der Waals surface area contributed by atoms with Crippen LogP contribution in [0.2, 0.25) is 0 Å². The van der Waals surface area contributed by atoms with Gasteiger partial charge in [-0.15, -0.1) is 11.3 Å². The number of hydrogen-bond acceptors (Lipinski definition) is 4. The maximum Gasteiger partial charge on any atom is 0.264 e. The lowest BCUT2D eigenvalue weighted by Crippen LogP contribution is -2.29. The van der Waals surface area contributed by atoms with Gasteiger partial charge in [0.15, 0.2) is 0 Å². The second-order valence-electron chi connectivity index (χ2n) is 6.29. The van der Waals surface area contributed by atoms with Crippen molar-refractivity contribution >= 4 is 27.3 Å². The van der Waals surface area contributed by atoms with Crippen molar-refractivity contribution in [2.24, 2.45) is 0 Å². The first kappa shape index (κ1) is 17.4. The molecule has 0 aliphatic rings. The molecular formula is C20H17FN4OS. The molecule has 1 amide bonds. The van der Waals surface area contributed by atoms with Gasteiger partial charge < -0.3 is 4.90 Å². The fourth-order valence-corrected chi connectivity index (χ4v) is 4.01. The van der Waals surface area contributed by atoms with E-state index >= 15 is 0 Å². The maximum atomic E-state index is 13.9. The van der Waals surface area contributed by atoms with E-state index < -0.39 is 0 Å². The van der Waals surface area contributed by atoms with E-state index in [1.165, 1.54) is 23.7 Å². The van der Waals surface area contributed by atoms with Gasteiger partial charge >= 0.3 is 0 Å². The summed E-state index contributed by atoms with van der Waals surface area (Å²) in [6, 6.07) is 14.2. The SMILES string of the molecule is CC(c1ccc(-n2cncn2)cc1)N(C)C(=O)c1cc2c(F)cccc2s1. The number of hydrogen-bond donors (Lipinski definition) is 0. The fourth-order valence-electron chi connectivity index (χ4n) is 2.95. The monoisotopic (exact) mass is 380 g/mol. The molecule has 1 atom stereocenters. The number of thiophene rings is 1. The Bertz CT molecular complexity index is 1090. The van der Waals surface area contributed by atoms with Crippen LogP contribution in [0.4, 0.5) is 4.39 Å². The Kier molecular flexibility index (Phi) is 4.45. The lowest BCUT2D eigenvalue weighted by atomic mass is 10.1. The molecule has 0 aliphatic heterocycles. The zero-order valence-electron chi connectivity index (χ0n) is 14.8. The zero-order valence-corrected chi connectivity index (χ0v) is 15.7. The minimum Gasteiger partial charge on any atom is -0.334 e. The predicted octanol–water partition coefficient (Wildman–Crippen LogP) is 4.45. The van der Waals surface area contributed by atoms with Crippen LogP contribution in [-0.2, 0) is 0 Å². The first-order valence-corrected chi connectivity index (χ1v) is 9.26. The van der Waals surface area contributed by atoms with Crippen LogP contribution in [0.15, 0.2) is 61.2 Å². The first-order valence-electron chi connectivity index (χ1n) is 8.45. The van der Waals surface area contributed by atoms with Crippen molar-refractivity contribution in [2.45, 2.75) is 13.0 Å². The Morgan fingerprint density at radius 3 is 2.67 bits per heavy atom. The molecule has 0 N–H and O–H groups in total. The van der Waals surface area contributed by atoms with E-state index in [2.05, 4.69) is 10.1 Å². The molecule has 0 bridgehead atoms. The summed E-state index contributed by atoms with van der Waals surface area (Å²) in [5, 5.41) is 4.59. The molecule has 2 heterocycles. The second-order valence-corrected chi connectivity index (χ2v) is 7.37. The molecule has 2 aromatic heterocycles. The summed E-state index contributed by atoms with van der Waals surface area (Å²) in [5.74, 6) is -0.425. The molecule has 4 rings (SSSR count). The van der Waals surface area contributed by atoms with Crippen LogP contribution in [-0.4, -0.2) is 32.6 Å². The highest BCUT2D eigenvalue weighted by atomic mass is 32.1. The minimum atomic E-state index is -0.304. The Morgan fingerprint density at radius 2 is 2.00 bits per heavy atom. The summed E-state index contributed by atoms with van der Waals surface area (Å²) in [4.78, 5) is 19.0. The van der Waals surface area contributed by atoms with E-state index in [1.807, 2.05) is 37.3 Å². The molecule has 0 aliphatic carbocycles. The predicted molar refractivity (Wildman–Crippen MR) is 104 cm³/mol. The van der Waals surface area contributed by atoms with Crippen molar-refractivity contribution in [2.75, 3.05) is 7.05 Å². The summed E-state index contributed by atoms with van der Waals surface area (Å²) < 4.78 is 16.4. The van der Waals surface area contributed by atoms with Gasteiger partial charge in [0.2, 0.25) is 0 Å². The number of fused-ring (bicyclic) bond motifs is 1. The van der Waals surface area contributed by atoms with Gasteiger partial charge in [-0.25, -0.2) is 14.1 Å². The molecule has 4 aromatic rings. The van der Waals surface area contributed by atoms with Gasteiger partial charge in [-0.3, -0.25) is 4.79 Å². The van der Waals surface area contributed by atoms with Gasteiger partial charge in [-0.2, -0.15) is 5.10 Å². The van der Waals surface area contributed by atoms with E-state index in [-0.39, 0.29) is 17.8 Å². The van der Waals surface area contributed by atoms with Crippen LogP contribution in [0.3, 0.4) is 0 Å². The summed E-state index contributed by atoms with van der Waals surface area (Å²) in [6.45, 7) is 1.97. The topological polar surface area (TPSA) is 51.0 Å². The Morgan fingerprint density at radius 1 is 1.22 bits per heavy atom. The Hall–Kier alpha value is -3.06. The van der Waals surface area contributed by atoms with Crippen LogP contribution >= 0.6 is 11.3 Å². The average Bonchev–Trinajstić information content (AvgIpc) is 3.37. The van der Waals surface area contributed by atoms with Crippen LogP contribution in [0, 0.1) is 5.82 Å². The van der Waals surface area contributed by atoms with Gasteiger partial charge in [-0.05, 0) is 42.8 Å². The van der Waals surface area contributed by atoms with Crippen LogP contribution in [0.25, 0.3) is 15.8 Å². The molecule has 0 saturated heterocycles. The minimum absolute atomic E-state index is 0.122. The van der Waals surface area contributed by atoms with Crippen molar-refractivity contribution in [3.63, 3.8) is 0 Å². The summed E-state index contributed by atoms with van der Waals surface area (Å²) >= 11 is 1.31. The van der Waals surface area contributed by atoms with E-state index in [0.717, 1.165) is 16.0 Å². The number of carbonyl (C=O) groups is 1. The van der Waals surface area contributed by atoms with E-state index in [1.54, 1.807) is 35.1 Å². The van der Waals surface area contributed by atoms with Gasteiger partial charge in [0.1, 0.15) is 18.5 Å². The normalized spacial score (nSPS) is 12.3. The number of amides is 1. The van der Waals surface area contributed by atoms with Crippen LogP contribution in [0.1, 0.15) is 28.2 Å². The van der Waals surface area contributed by atoms with E-state index in [9.17, 15) is 9.18 Å². The molecule has 1 unspecified atom stereocenters. The molecule has 7 heteroatoms. The van der Waals surface area contributed by atoms with Crippen LogP contribution in [0.5, 0.6) is 0 Å². The average molecular weight is 380 g/mol. The molecule has 0 spiro atoms. The number of halogens is 1. The summed E-state index contributed by atoms with van der Waals surface area (Å²) in [7, 11) is 1.76. The third-order valence-electron chi connectivity index (χ3n) is 4.68. The molecule has 0 saturated carbocycles. The number of aromatic nitrogens is 3. The number of rotatable bonds is 4. The zero-order chi connectivity index (χ0) is 19.0. The smallest absolute Gasteiger partial charge is 0.264 e. The summed E-state index contributed by atoms with van der Waals surface area (Å²) in [5.41, 5.74) is 1.90. The molecule has 136 valence electrons. The Balaban J connectivity index is 1.56. The highest BCUT2D eigenvalue weighted by molar-refractivity contribution is 7.20. The lowest BCUT2D eigenvalue weighted by Gasteiger charge is -2.25. The second kappa shape index (κ2) is 6.92. The van der Waals surface area contributed by atoms with Gasteiger partial charge in [0.05, 0.1) is 16.6 Å². The van der Waals surface area contributed by atoms with Crippen molar-refractivity contribution in [3.05, 3.63) is 77.4 Å².